The first-order valence-electron chi connectivity index (χ1n) is 6.25. The monoisotopic (exact) mass is 280 g/mol. The summed E-state index contributed by atoms with van der Waals surface area (Å²) in [6, 6.07) is 3.41. The van der Waals surface area contributed by atoms with Crippen LogP contribution >= 0.6 is 0 Å². The maximum Gasteiger partial charge on any atom is 0.246 e. The van der Waals surface area contributed by atoms with Gasteiger partial charge in [-0.15, -0.1) is 0 Å². The van der Waals surface area contributed by atoms with Gasteiger partial charge in [-0.1, -0.05) is 6.07 Å². The minimum absolute atomic E-state index is 0.0788. The third-order valence-corrected chi connectivity index (χ3v) is 2.99. The zero-order chi connectivity index (χ0) is 14.5. The van der Waals surface area contributed by atoms with Gasteiger partial charge in [0.25, 0.3) is 0 Å². The second-order valence-corrected chi connectivity index (χ2v) is 4.43. The van der Waals surface area contributed by atoms with E-state index in [2.05, 4.69) is 5.32 Å². The summed E-state index contributed by atoms with van der Waals surface area (Å²) in [5.74, 6) is -2.22. The van der Waals surface area contributed by atoms with Crippen molar-refractivity contribution in [3.8, 4) is 0 Å². The van der Waals surface area contributed by atoms with Gasteiger partial charge in [-0.05, 0) is 23.8 Å². The van der Waals surface area contributed by atoms with E-state index in [0.717, 1.165) is 12.1 Å². The minimum Gasteiger partial charge on any atom is -0.354 e. The first-order valence-corrected chi connectivity index (χ1v) is 6.25. The third-order valence-electron chi connectivity index (χ3n) is 2.99. The van der Waals surface area contributed by atoms with Crippen LogP contribution in [0.25, 0.3) is 6.08 Å². The Labute approximate surface area is 115 Å². The highest BCUT2D eigenvalue weighted by Gasteiger charge is 2.16. The molecule has 1 aromatic carbocycles. The maximum atomic E-state index is 13.0. The van der Waals surface area contributed by atoms with E-state index in [1.54, 1.807) is 0 Å². The van der Waals surface area contributed by atoms with E-state index in [1.807, 2.05) is 0 Å². The molecule has 0 radical (unpaired) electrons. The molecule has 0 aromatic heterocycles. The maximum absolute atomic E-state index is 13.0. The Hall–Kier alpha value is -2.24. The lowest BCUT2D eigenvalue weighted by atomic mass is 10.2. The van der Waals surface area contributed by atoms with Crippen LogP contribution in [0.1, 0.15) is 12.0 Å². The van der Waals surface area contributed by atoms with Crippen molar-refractivity contribution in [1.82, 2.24) is 10.2 Å². The first kappa shape index (κ1) is 14.2. The van der Waals surface area contributed by atoms with Crippen LogP contribution < -0.4 is 5.32 Å². The van der Waals surface area contributed by atoms with Crippen LogP contribution in [0.15, 0.2) is 24.3 Å². The largest absolute Gasteiger partial charge is 0.354 e. The van der Waals surface area contributed by atoms with Gasteiger partial charge in [0, 0.05) is 32.1 Å². The molecule has 2 rings (SSSR count). The van der Waals surface area contributed by atoms with E-state index in [9.17, 15) is 18.4 Å². The molecule has 1 heterocycles. The number of amides is 2. The van der Waals surface area contributed by atoms with Gasteiger partial charge >= 0.3 is 0 Å². The van der Waals surface area contributed by atoms with Crippen LogP contribution in [0.2, 0.25) is 0 Å². The number of nitrogens with zero attached hydrogens (tertiary/aromatic N) is 1. The molecule has 1 N–H and O–H groups in total. The molecule has 0 aliphatic carbocycles. The first-order chi connectivity index (χ1) is 9.56. The summed E-state index contributed by atoms with van der Waals surface area (Å²) < 4.78 is 25.8. The molecule has 4 nitrogen and oxygen atoms in total. The molecule has 6 heteroatoms. The van der Waals surface area contributed by atoms with Gasteiger partial charge < -0.3 is 10.2 Å². The molecule has 1 aliphatic heterocycles. The van der Waals surface area contributed by atoms with Crippen molar-refractivity contribution >= 4 is 17.9 Å². The Balaban J connectivity index is 2.01. The summed E-state index contributed by atoms with van der Waals surface area (Å²) in [5.41, 5.74) is 0.404. The second kappa shape index (κ2) is 6.27. The zero-order valence-electron chi connectivity index (χ0n) is 10.7. The van der Waals surface area contributed by atoms with Gasteiger partial charge in [0.05, 0.1) is 0 Å². The van der Waals surface area contributed by atoms with E-state index in [1.165, 1.54) is 23.1 Å². The van der Waals surface area contributed by atoms with Crippen molar-refractivity contribution in [3.05, 3.63) is 41.5 Å². The van der Waals surface area contributed by atoms with Crippen LogP contribution in [0.5, 0.6) is 0 Å². The van der Waals surface area contributed by atoms with Gasteiger partial charge in [0.1, 0.15) is 0 Å². The summed E-state index contributed by atoms with van der Waals surface area (Å²) in [7, 11) is 0. The van der Waals surface area contributed by atoms with E-state index in [0.29, 0.717) is 25.2 Å². The number of carbonyl (C=O) groups excluding carboxylic acids is 2. The van der Waals surface area contributed by atoms with Crippen molar-refractivity contribution in [2.24, 2.45) is 0 Å². The number of carbonyl (C=O) groups is 2. The van der Waals surface area contributed by atoms with Gasteiger partial charge in [0.2, 0.25) is 11.8 Å². The lowest BCUT2D eigenvalue weighted by Gasteiger charge is -2.17. The summed E-state index contributed by atoms with van der Waals surface area (Å²) in [4.78, 5) is 24.6. The highest BCUT2D eigenvalue weighted by atomic mass is 19.2. The Kier molecular flexibility index (Phi) is 4.45. The van der Waals surface area contributed by atoms with Crippen molar-refractivity contribution in [1.29, 1.82) is 0 Å². The number of halogens is 2. The Morgan fingerprint density at radius 1 is 1.25 bits per heavy atom. The number of nitrogens with one attached hydrogen (secondary N) is 1. The standard InChI is InChI=1S/C14H14F2N2O2/c15-11-3-1-10(9-12(11)16)2-4-14(20)18-7-5-13(19)17-6-8-18/h1-4,9H,5-8H2,(H,17,19)/b4-2+. The highest BCUT2D eigenvalue weighted by molar-refractivity contribution is 5.92. The molecule has 0 atom stereocenters. The second-order valence-electron chi connectivity index (χ2n) is 4.43. The van der Waals surface area contributed by atoms with Crippen molar-refractivity contribution in [2.45, 2.75) is 6.42 Å². The third kappa shape index (κ3) is 3.63. The van der Waals surface area contributed by atoms with Gasteiger partial charge in [0.15, 0.2) is 11.6 Å². The predicted molar refractivity (Wildman–Crippen MR) is 69.6 cm³/mol. The summed E-state index contributed by atoms with van der Waals surface area (Å²) >= 11 is 0. The van der Waals surface area contributed by atoms with Crippen LogP contribution in [0.3, 0.4) is 0 Å². The molecule has 1 fully saturated rings. The van der Waals surface area contributed by atoms with E-state index in [-0.39, 0.29) is 18.2 Å². The van der Waals surface area contributed by atoms with Crippen LogP contribution in [0.4, 0.5) is 8.78 Å². The number of hydrogen-bond donors (Lipinski definition) is 1. The van der Waals surface area contributed by atoms with Crippen molar-refractivity contribution in [3.63, 3.8) is 0 Å². The molecule has 1 aliphatic rings. The molecule has 0 saturated carbocycles. The van der Waals surface area contributed by atoms with Gasteiger partial charge in [-0.25, -0.2) is 8.78 Å². The lowest BCUT2D eigenvalue weighted by molar-refractivity contribution is -0.125. The van der Waals surface area contributed by atoms with Crippen molar-refractivity contribution < 1.29 is 18.4 Å². The summed E-state index contributed by atoms with van der Waals surface area (Å²) in [5, 5.41) is 2.67. The number of benzene rings is 1. The predicted octanol–water partition coefficient (Wildman–Crippen LogP) is 1.33. The molecule has 0 spiro atoms. The fourth-order valence-electron chi connectivity index (χ4n) is 1.88. The molecule has 1 aromatic rings. The Bertz CT molecular complexity index is 558. The van der Waals surface area contributed by atoms with Crippen LogP contribution in [-0.4, -0.2) is 36.3 Å². The van der Waals surface area contributed by atoms with Crippen LogP contribution in [0, 0.1) is 11.6 Å². The Morgan fingerprint density at radius 2 is 2.05 bits per heavy atom. The SMILES string of the molecule is O=C1CCN(C(=O)/C=C/c2ccc(F)c(F)c2)CCN1. The van der Waals surface area contributed by atoms with Crippen molar-refractivity contribution in [2.75, 3.05) is 19.6 Å². The van der Waals surface area contributed by atoms with E-state index in [4.69, 9.17) is 0 Å². The average molecular weight is 280 g/mol. The minimum atomic E-state index is -0.954. The molecule has 0 bridgehead atoms. The molecular formula is C14H14F2N2O2. The fraction of sp³-hybridized carbons (Fsp3) is 0.286. The van der Waals surface area contributed by atoms with E-state index >= 15 is 0 Å². The van der Waals surface area contributed by atoms with E-state index < -0.39 is 11.6 Å². The van der Waals surface area contributed by atoms with Crippen LogP contribution in [-0.2, 0) is 9.59 Å². The molecule has 2 amide bonds. The quantitative estimate of drug-likeness (QED) is 0.831. The normalized spacial score (nSPS) is 16.1. The summed E-state index contributed by atoms with van der Waals surface area (Å²) in [6.07, 6.45) is 2.98. The number of rotatable bonds is 2. The zero-order valence-corrected chi connectivity index (χ0v) is 10.7. The highest BCUT2D eigenvalue weighted by Crippen LogP contribution is 2.10. The smallest absolute Gasteiger partial charge is 0.246 e. The molecule has 1 saturated heterocycles. The topological polar surface area (TPSA) is 49.4 Å². The van der Waals surface area contributed by atoms with Gasteiger partial charge in [-0.3, -0.25) is 9.59 Å². The Morgan fingerprint density at radius 3 is 2.80 bits per heavy atom. The van der Waals surface area contributed by atoms with Gasteiger partial charge in [-0.2, -0.15) is 0 Å². The fourth-order valence-corrected chi connectivity index (χ4v) is 1.88. The number of hydrogen-bond acceptors (Lipinski definition) is 2. The average Bonchev–Trinajstić information content (AvgIpc) is 2.64. The molecule has 20 heavy (non-hydrogen) atoms. The molecular weight excluding hydrogens is 266 g/mol. The summed E-state index contributed by atoms with van der Waals surface area (Å²) in [6.45, 7) is 1.21. The molecule has 0 unspecified atom stereocenters. The molecule has 106 valence electrons. The lowest BCUT2D eigenvalue weighted by Crippen LogP contribution is -2.32.